The average molecular weight is 341 g/mol. The fourth-order valence-corrected chi connectivity index (χ4v) is 6.88. The van der Waals surface area contributed by atoms with Crippen LogP contribution in [-0.4, -0.2) is 0 Å². The maximum absolute atomic E-state index is 2.64. The quantitative estimate of drug-likeness (QED) is 0.451. The van der Waals surface area contributed by atoms with Crippen LogP contribution in [0.1, 0.15) is 86.5 Å². The van der Waals surface area contributed by atoms with Crippen molar-refractivity contribution in [2.24, 2.45) is 34.5 Å². The molecule has 25 heavy (non-hydrogen) atoms. The van der Waals surface area contributed by atoms with Gasteiger partial charge in [-0.05, 0) is 67.6 Å². The van der Waals surface area contributed by atoms with Crippen LogP contribution in [0.3, 0.4) is 0 Å². The third-order valence-corrected chi connectivity index (χ3v) is 8.45. The largest absolute Gasteiger partial charge is 0.0873 e. The highest BCUT2D eigenvalue weighted by Crippen LogP contribution is 2.65. The smallest absolute Gasteiger partial charge is 0.0131 e. The normalized spacial score (nSPS) is 42.9. The van der Waals surface area contributed by atoms with Gasteiger partial charge in [0, 0.05) is 5.41 Å². The zero-order chi connectivity index (χ0) is 18.2. The van der Waals surface area contributed by atoms with E-state index in [9.17, 15) is 0 Å². The summed E-state index contributed by atoms with van der Waals surface area (Å²) in [6.45, 7) is 14.0. The van der Waals surface area contributed by atoms with Gasteiger partial charge in [0.15, 0.2) is 0 Å². The highest BCUT2D eigenvalue weighted by Gasteiger charge is 2.55. The summed E-state index contributed by atoms with van der Waals surface area (Å²) in [5.74, 6) is 3.47. The Morgan fingerprint density at radius 1 is 1.08 bits per heavy atom. The van der Waals surface area contributed by atoms with Gasteiger partial charge in [-0.25, -0.2) is 0 Å². The Kier molecular flexibility index (Phi) is 5.38. The molecule has 0 heteroatoms. The minimum absolute atomic E-state index is 0.331. The molecule has 0 amide bonds. The molecule has 0 aromatic heterocycles. The number of rotatable bonds is 2. The lowest BCUT2D eigenvalue weighted by atomic mass is 9.51. The van der Waals surface area contributed by atoms with E-state index in [0.29, 0.717) is 10.8 Å². The fourth-order valence-electron chi connectivity index (χ4n) is 6.88. The minimum atomic E-state index is 0.331. The first kappa shape index (κ1) is 19.0. The van der Waals surface area contributed by atoms with Gasteiger partial charge in [-0.15, -0.1) is 0 Å². The molecule has 0 aliphatic heterocycles. The summed E-state index contributed by atoms with van der Waals surface area (Å²) in [5, 5.41) is 0. The lowest BCUT2D eigenvalue weighted by Gasteiger charge is -2.53. The first-order valence-electron chi connectivity index (χ1n) is 11.1. The lowest BCUT2D eigenvalue weighted by Crippen LogP contribution is -2.44. The van der Waals surface area contributed by atoms with Crippen molar-refractivity contribution in [2.75, 3.05) is 0 Å². The molecular weight excluding hydrogens is 300 g/mol. The van der Waals surface area contributed by atoms with Gasteiger partial charge >= 0.3 is 0 Å². The van der Waals surface area contributed by atoms with Gasteiger partial charge in [-0.2, -0.15) is 0 Å². The molecule has 140 valence electrons. The van der Waals surface area contributed by atoms with Crippen molar-refractivity contribution < 1.29 is 0 Å². The second kappa shape index (κ2) is 7.09. The molecule has 0 saturated heterocycles. The summed E-state index contributed by atoms with van der Waals surface area (Å²) in [7, 11) is 0. The van der Waals surface area contributed by atoms with Gasteiger partial charge in [0.05, 0.1) is 0 Å². The standard InChI is InChI=1S/C23H34.C2H6/c1-5-16(2)19-11-12-20-18-10-9-17-8-6-7-14-22(17,3)21(18)13-15-23(19,20)4;1-2/h7,9-10,14,16,19-21H,5-6,8,11-13,15H2,1-4H3;1-2H3. The second-order valence-corrected chi connectivity index (χ2v) is 9.30. The predicted molar refractivity (Wildman–Crippen MR) is 110 cm³/mol. The number of hydrogen-bond acceptors (Lipinski definition) is 0. The van der Waals surface area contributed by atoms with Gasteiger partial charge in [-0.3, -0.25) is 0 Å². The number of fused-ring (bicyclic) bond motifs is 5. The van der Waals surface area contributed by atoms with Crippen molar-refractivity contribution >= 4 is 0 Å². The Balaban J connectivity index is 0.000000880. The molecule has 6 unspecified atom stereocenters. The van der Waals surface area contributed by atoms with Gasteiger partial charge < -0.3 is 0 Å². The maximum Gasteiger partial charge on any atom is 0.0131 e. The minimum Gasteiger partial charge on any atom is -0.0873 e. The van der Waals surface area contributed by atoms with Crippen molar-refractivity contribution in [3.63, 3.8) is 0 Å². The number of allylic oxidation sites excluding steroid dienone is 6. The Morgan fingerprint density at radius 2 is 1.84 bits per heavy atom. The molecule has 0 N–H and O–H groups in total. The zero-order valence-electron chi connectivity index (χ0n) is 17.6. The van der Waals surface area contributed by atoms with E-state index in [1.807, 2.05) is 19.4 Å². The van der Waals surface area contributed by atoms with Crippen LogP contribution in [0.4, 0.5) is 0 Å². The molecule has 6 atom stereocenters. The number of hydrogen-bond donors (Lipinski definition) is 0. The summed E-state index contributed by atoms with van der Waals surface area (Å²) in [6, 6.07) is 0. The van der Waals surface area contributed by atoms with E-state index in [1.54, 1.807) is 5.57 Å². The third-order valence-electron chi connectivity index (χ3n) is 8.45. The summed E-state index contributed by atoms with van der Waals surface area (Å²) in [6.07, 6.45) is 19.7. The molecule has 4 rings (SSSR count). The molecule has 2 fully saturated rings. The SMILES string of the molecule is CC.CCC(C)C1CCC2C3=CC=C4CCC=CC4(C)C3CCC21C. The van der Waals surface area contributed by atoms with Crippen LogP contribution in [-0.2, 0) is 0 Å². The molecule has 0 nitrogen and oxygen atoms in total. The van der Waals surface area contributed by atoms with Crippen LogP contribution in [0, 0.1) is 34.5 Å². The third kappa shape index (κ3) is 2.79. The van der Waals surface area contributed by atoms with E-state index < -0.39 is 0 Å². The van der Waals surface area contributed by atoms with Crippen LogP contribution in [0.15, 0.2) is 35.5 Å². The molecule has 2 saturated carbocycles. The van der Waals surface area contributed by atoms with E-state index in [1.165, 1.54) is 44.9 Å². The first-order valence-corrected chi connectivity index (χ1v) is 11.1. The molecule has 0 spiro atoms. The fraction of sp³-hybridized carbons (Fsp3) is 0.760. The van der Waals surface area contributed by atoms with E-state index in [0.717, 1.165) is 23.7 Å². The van der Waals surface area contributed by atoms with Gasteiger partial charge in [0.2, 0.25) is 0 Å². The van der Waals surface area contributed by atoms with Gasteiger partial charge in [0.1, 0.15) is 0 Å². The molecule has 0 aromatic rings. The van der Waals surface area contributed by atoms with Crippen molar-refractivity contribution in [3.05, 3.63) is 35.5 Å². The Hall–Kier alpha value is -0.780. The zero-order valence-corrected chi connectivity index (χ0v) is 17.6. The molecule has 0 bridgehead atoms. The van der Waals surface area contributed by atoms with E-state index in [2.05, 4.69) is 52.0 Å². The molecule has 0 heterocycles. The summed E-state index contributed by atoms with van der Waals surface area (Å²) in [5.41, 5.74) is 4.42. The molecule has 4 aliphatic rings. The Morgan fingerprint density at radius 3 is 2.56 bits per heavy atom. The van der Waals surface area contributed by atoms with Gasteiger partial charge in [0.25, 0.3) is 0 Å². The van der Waals surface area contributed by atoms with Crippen LogP contribution in [0.2, 0.25) is 0 Å². The van der Waals surface area contributed by atoms with Crippen molar-refractivity contribution in [3.8, 4) is 0 Å². The Labute approximate surface area is 156 Å². The van der Waals surface area contributed by atoms with Gasteiger partial charge in [-0.1, -0.05) is 83.4 Å². The van der Waals surface area contributed by atoms with Crippen LogP contribution >= 0.6 is 0 Å². The summed E-state index contributed by atoms with van der Waals surface area (Å²) < 4.78 is 0. The maximum atomic E-state index is 2.64. The van der Waals surface area contributed by atoms with E-state index in [-0.39, 0.29) is 0 Å². The van der Waals surface area contributed by atoms with Crippen LogP contribution < -0.4 is 0 Å². The van der Waals surface area contributed by atoms with Crippen LogP contribution in [0.5, 0.6) is 0 Å². The topological polar surface area (TPSA) is 0 Å². The monoisotopic (exact) mass is 340 g/mol. The van der Waals surface area contributed by atoms with Crippen molar-refractivity contribution in [1.29, 1.82) is 0 Å². The Bertz CT molecular complexity index is 577. The molecule has 0 aromatic carbocycles. The van der Waals surface area contributed by atoms with Crippen molar-refractivity contribution in [1.82, 2.24) is 0 Å². The van der Waals surface area contributed by atoms with E-state index in [4.69, 9.17) is 0 Å². The first-order chi connectivity index (χ1) is 12.0. The van der Waals surface area contributed by atoms with Crippen LogP contribution in [0.25, 0.3) is 0 Å². The predicted octanol–water partition coefficient (Wildman–Crippen LogP) is 7.72. The second-order valence-electron chi connectivity index (χ2n) is 9.30. The summed E-state index contributed by atoms with van der Waals surface area (Å²) in [4.78, 5) is 0. The summed E-state index contributed by atoms with van der Waals surface area (Å²) >= 11 is 0. The highest BCUT2D eigenvalue weighted by molar-refractivity contribution is 5.42. The molecule has 0 radical (unpaired) electrons. The lowest BCUT2D eigenvalue weighted by molar-refractivity contribution is 0.0635. The molecular formula is C25H40. The van der Waals surface area contributed by atoms with Crippen molar-refractivity contribution in [2.45, 2.75) is 86.5 Å². The highest BCUT2D eigenvalue weighted by atomic mass is 14.6. The average Bonchev–Trinajstić information content (AvgIpc) is 2.99. The van der Waals surface area contributed by atoms with E-state index >= 15 is 0 Å². The molecule has 4 aliphatic carbocycles.